The SMILES string of the molecule is CN1CCN(Cc2ccc(-c3cnc(Nc4ccc(C#Cc5cc(C6OCCO6)ccn5)cc4)nc3NC3CCC(O)CC3)cc2)CC1. The molecule has 0 amide bonds. The summed E-state index contributed by atoms with van der Waals surface area (Å²) in [6.07, 6.45) is 6.46. The quantitative estimate of drug-likeness (QED) is 0.222. The number of nitrogens with zero attached hydrogens (tertiary/aromatic N) is 5. The number of pyridine rings is 1. The smallest absolute Gasteiger partial charge is 0.229 e. The molecule has 1 saturated carbocycles. The highest BCUT2D eigenvalue weighted by molar-refractivity contribution is 5.76. The second kappa shape index (κ2) is 15.2. The monoisotopic (exact) mass is 645 g/mol. The standard InChI is InChI=1S/C38H43N7O3/c1-44-18-20-45(21-19-44)26-28-2-7-29(8-3-28)35-25-40-38(43-36(35)41-31-12-14-34(46)15-13-31)42-32-9-4-27(5-10-32)6-11-33-24-30(16-17-39-33)37-47-22-23-48-37/h2-5,7-10,16-17,24-25,31,34,37,46H,12-15,18-23,26H2,1H3,(H2,40,41,42,43). The van der Waals surface area contributed by atoms with Gasteiger partial charge >= 0.3 is 0 Å². The third kappa shape index (κ3) is 8.37. The first kappa shape index (κ1) is 32.2. The van der Waals surface area contributed by atoms with E-state index in [-0.39, 0.29) is 18.4 Å². The Bertz CT molecular complexity index is 1720. The van der Waals surface area contributed by atoms with Crippen LogP contribution in [0.25, 0.3) is 11.1 Å². The molecule has 2 saturated heterocycles. The molecule has 2 aliphatic heterocycles. The van der Waals surface area contributed by atoms with Crippen LogP contribution in [0.5, 0.6) is 0 Å². The number of hydrogen-bond acceptors (Lipinski definition) is 10. The number of ether oxygens (including phenoxy) is 2. The number of piperazine rings is 1. The average Bonchev–Trinajstić information content (AvgIpc) is 3.66. The summed E-state index contributed by atoms with van der Waals surface area (Å²) in [5, 5.41) is 17.1. The molecule has 4 aromatic rings. The Kier molecular flexibility index (Phi) is 10.2. The maximum absolute atomic E-state index is 10.1. The van der Waals surface area contributed by atoms with Crippen LogP contribution in [0.1, 0.15) is 54.4 Å². The minimum absolute atomic E-state index is 0.215. The molecule has 2 aromatic carbocycles. The van der Waals surface area contributed by atoms with Gasteiger partial charge in [-0.3, -0.25) is 4.90 Å². The Morgan fingerprint density at radius 1 is 0.875 bits per heavy atom. The number of anilines is 3. The minimum Gasteiger partial charge on any atom is -0.393 e. The molecular weight excluding hydrogens is 602 g/mol. The second-order valence-corrected chi connectivity index (χ2v) is 12.9. The third-order valence-corrected chi connectivity index (χ3v) is 9.25. The molecule has 1 aliphatic carbocycles. The Morgan fingerprint density at radius 2 is 1.62 bits per heavy atom. The Morgan fingerprint density at radius 3 is 2.38 bits per heavy atom. The molecule has 10 nitrogen and oxygen atoms in total. The first-order valence-electron chi connectivity index (χ1n) is 16.9. The predicted molar refractivity (Wildman–Crippen MR) is 187 cm³/mol. The molecule has 10 heteroatoms. The van der Waals surface area contributed by atoms with E-state index >= 15 is 0 Å². The summed E-state index contributed by atoms with van der Waals surface area (Å²) < 4.78 is 11.2. The maximum atomic E-state index is 10.1. The number of hydrogen-bond donors (Lipinski definition) is 3. The van der Waals surface area contributed by atoms with Gasteiger partial charge in [-0.2, -0.15) is 4.98 Å². The Hall–Kier alpha value is -4.37. The fourth-order valence-corrected chi connectivity index (χ4v) is 6.35. The van der Waals surface area contributed by atoms with Crippen LogP contribution >= 0.6 is 0 Å². The number of aromatic nitrogens is 3. The van der Waals surface area contributed by atoms with Crippen LogP contribution < -0.4 is 10.6 Å². The fraction of sp³-hybridized carbons (Fsp3) is 0.395. The van der Waals surface area contributed by atoms with Crippen LogP contribution in [0.15, 0.2) is 73.1 Å². The maximum Gasteiger partial charge on any atom is 0.229 e. The molecule has 48 heavy (non-hydrogen) atoms. The number of aliphatic hydroxyl groups excluding tert-OH is 1. The van der Waals surface area contributed by atoms with Crippen molar-refractivity contribution in [2.75, 3.05) is 57.1 Å². The zero-order chi connectivity index (χ0) is 32.7. The van der Waals surface area contributed by atoms with Gasteiger partial charge in [-0.25, -0.2) is 9.97 Å². The van der Waals surface area contributed by atoms with Crippen molar-refractivity contribution in [1.82, 2.24) is 24.8 Å². The summed E-state index contributed by atoms with van der Waals surface area (Å²) in [5.74, 6) is 7.65. The van der Waals surface area contributed by atoms with Gasteiger partial charge in [0.2, 0.25) is 5.95 Å². The lowest BCUT2D eigenvalue weighted by atomic mass is 9.93. The van der Waals surface area contributed by atoms with Gasteiger partial charge in [0.1, 0.15) is 11.5 Å². The fourth-order valence-electron chi connectivity index (χ4n) is 6.35. The van der Waals surface area contributed by atoms with E-state index in [9.17, 15) is 5.11 Å². The van der Waals surface area contributed by atoms with Gasteiger partial charge in [0.25, 0.3) is 0 Å². The summed E-state index contributed by atoms with van der Waals surface area (Å²) in [6.45, 7) is 6.57. The van der Waals surface area contributed by atoms with Gasteiger partial charge in [-0.15, -0.1) is 0 Å². The van der Waals surface area contributed by atoms with E-state index in [4.69, 9.17) is 19.4 Å². The molecule has 7 rings (SSSR count). The lowest BCUT2D eigenvalue weighted by molar-refractivity contribution is -0.0441. The lowest BCUT2D eigenvalue weighted by Crippen LogP contribution is -2.43. The van der Waals surface area contributed by atoms with Gasteiger partial charge in [0.15, 0.2) is 6.29 Å². The molecule has 0 spiro atoms. The zero-order valence-electron chi connectivity index (χ0n) is 27.4. The van der Waals surface area contributed by atoms with Crippen molar-refractivity contribution < 1.29 is 14.6 Å². The summed E-state index contributed by atoms with van der Waals surface area (Å²) in [4.78, 5) is 18.9. The van der Waals surface area contributed by atoms with Gasteiger partial charge in [-0.05, 0) is 86.2 Å². The van der Waals surface area contributed by atoms with Crippen LogP contribution in [-0.2, 0) is 16.0 Å². The number of nitrogens with one attached hydrogen (secondary N) is 2. The highest BCUT2D eigenvalue weighted by Gasteiger charge is 2.22. The van der Waals surface area contributed by atoms with E-state index in [2.05, 4.69) is 68.6 Å². The van der Waals surface area contributed by atoms with E-state index in [1.54, 1.807) is 6.20 Å². The summed E-state index contributed by atoms with van der Waals surface area (Å²) in [7, 11) is 2.19. The Labute approximate surface area is 282 Å². The first-order chi connectivity index (χ1) is 23.5. The van der Waals surface area contributed by atoms with E-state index in [0.29, 0.717) is 24.9 Å². The normalized spacial score (nSPS) is 20.6. The van der Waals surface area contributed by atoms with Crippen molar-refractivity contribution in [3.05, 3.63) is 95.4 Å². The molecule has 3 fully saturated rings. The van der Waals surface area contributed by atoms with Crippen molar-refractivity contribution in [2.45, 2.75) is 50.7 Å². The van der Waals surface area contributed by atoms with E-state index in [0.717, 1.165) is 92.2 Å². The van der Waals surface area contributed by atoms with Crippen LogP contribution in [0, 0.1) is 11.8 Å². The number of benzene rings is 2. The molecule has 248 valence electrons. The topological polar surface area (TPSA) is 108 Å². The largest absolute Gasteiger partial charge is 0.393 e. The van der Waals surface area contributed by atoms with E-state index in [1.165, 1.54) is 5.56 Å². The summed E-state index contributed by atoms with van der Waals surface area (Å²) in [5.41, 5.74) is 6.68. The molecule has 0 atom stereocenters. The van der Waals surface area contributed by atoms with Crippen molar-refractivity contribution in [2.24, 2.45) is 0 Å². The molecule has 4 heterocycles. The molecule has 3 aliphatic rings. The van der Waals surface area contributed by atoms with Gasteiger partial charge in [-0.1, -0.05) is 30.2 Å². The van der Waals surface area contributed by atoms with Crippen LogP contribution in [0.3, 0.4) is 0 Å². The van der Waals surface area contributed by atoms with Gasteiger partial charge < -0.3 is 30.1 Å². The second-order valence-electron chi connectivity index (χ2n) is 12.9. The van der Waals surface area contributed by atoms with Crippen molar-refractivity contribution >= 4 is 17.5 Å². The molecule has 3 N–H and O–H groups in total. The number of aliphatic hydroxyl groups is 1. The van der Waals surface area contributed by atoms with Crippen LogP contribution in [0.2, 0.25) is 0 Å². The summed E-state index contributed by atoms with van der Waals surface area (Å²) >= 11 is 0. The van der Waals surface area contributed by atoms with Crippen molar-refractivity contribution in [3.8, 4) is 23.0 Å². The minimum atomic E-state index is -0.348. The van der Waals surface area contributed by atoms with Crippen molar-refractivity contribution in [1.29, 1.82) is 0 Å². The highest BCUT2D eigenvalue weighted by atomic mass is 16.7. The van der Waals surface area contributed by atoms with Crippen LogP contribution in [-0.4, -0.2) is 88.4 Å². The summed E-state index contributed by atoms with van der Waals surface area (Å²) in [6, 6.07) is 20.7. The predicted octanol–water partition coefficient (Wildman–Crippen LogP) is 5.19. The lowest BCUT2D eigenvalue weighted by Gasteiger charge is -2.32. The first-order valence-corrected chi connectivity index (χ1v) is 16.9. The molecular formula is C38H43N7O3. The number of likely N-dealkylation sites (N-methyl/N-ethyl adjacent to an activating group) is 1. The Balaban J connectivity index is 1.05. The third-order valence-electron chi connectivity index (χ3n) is 9.25. The van der Waals surface area contributed by atoms with E-state index < -0.39 is 0 Å². The average molecular weight is 646 g/mol. The van der Waals surface area contributed by atoms with E-state index in [1.807, 2.05) is 42.6 Å². The molecule has 2 aromatic heterocycles. The van der Waals surface area contributed by atoms with Gasteiger partial charge in [0, 0.05) is 73.5 Å². The van der Waals surface area contributed by atoms with Crippen molar-refractivity contribution in [3.63, 3.8) is 0 Å². The zero-order valence-corrected chi connectivity index (χ0v) is 27.4. The molecule has 0 unspecified atom stereocenters. The molecule has 0 radical (unpaired) electrons. The molecule has 0 bridgehead atoms. The van der Waals surface area contributed by atoms with Gasteiger partial charge in [0.05, 0.1) is 19.3 Å². The van der Waals surface area contributed by atoms with Crippen LogP contribution in [0.4, 0.5) is 17.5 Å². The highest BCUT2D eigenvalue weighted by Crippen LogP contribution is 2.31. The number of rotatable bonds is 8.